The number of alkyl halides is 3. The number of halogens is 3. The van der Waals surface area contributed by atoms with Crippen molar-refractivity contribution in [1.82, 2.24) is 15.2 Å². The molecule has 1 amide bonds. The zero-order valence-electron chi connectivity index (χ0n) is 20.8. The van der Waals surface area contributed by atoms with Gasteiger partial charge in [-0.15, -0.1) is 10.2 Å². The molecule has 0 radical (unpaired) electrons. The van der Waals surface area contributed by atoms with Crippen molar-refractivity contribution in [2.24, 2.45) is 0 Å². The van der Waals surface area contributed by atoms with Gasteiger partial charge in [-0.3, -0.25) is 9.78 Å². The van der Waals surface area contributed by atoms with E-state index in [1.807, 2.05) is 6.07 Å². The van der Waals surface area contributed by atoms with Gasteiger partial charge < -0.3 is 10.1 Å². The minimum absolute atomic E-state index is 0.00957. The lowest BCUT2D eigenvalue weighted by Gasteiger charge is -2.18. The van der Waals surface area contributed by atoms with E-state index >= 15 is 0 Å². The molecule has 1 saturated carbocycles. The van der Waals surface area contributed by atoms with Gasteiger partial charge in [0.2, 0.25) is 0 Å². The largest absolute Gasteiger partial charge is 0.435 e. The summed E-state index contributed by atoms with van der Waals surface area (Å²) < 4.78 is 70.4. The first-order valence-electron chi connectivity index (χ1n) is 11.3. The van der Waals surface area contributed by atoms with E-state index in [1.54, 1.807) is 13.8 Å². The first kappa shape index (κ1) is 26.5. The Morgan fingerprint density at radius 1 is 1.11 bits per heavy atom. The van der Waals surface area contributed by atoms with Gasteiger partial charge in [0, 0.05) is 23.1 Å². The highest BCUT2D eigenvalue weighted by Gasteiger charge is 2.41. The van der Waals surface area contributed by atoms with Crippen LogP contribution in [0.4, 0.5) is 18.9 Å². The standard InChI is InChI=1S/C25H25F3N4O4S/c1-13-11-18(24(4)9-10-24)29-15(3)20(13)36-23-19(14(2)21(31-32-23)25(26,27)28)22(33)30-16-7-6-8-17(12-16)37(5,34)35/h6-8,11-12H,9-10H2,1-5H3,(H,30,33). The smallest absolute Gasteiger partial charge is 0.435 e. The second kappa shape index (κ2) is 9.09. The number of carbonyl (C=O) groups excluding carboxylic acids is 1. The van der Waals surface area contributed by atoms with E-state index in [2.05, 4.69) is 27.4 Å². The molecule has 0 aliphatic heterocycles. The third kappa shape index (κ3) is 5.43. The number of rotatable bonds is 6. The van der Waals surface area contributed by atoms with Crippen LogP contribution in [0.2, 0.25) is 0 Å². The summed E-state index contributed by atoms with van der Waals surface area (Å²) in [5.41, 5.74) is -0.170. The van der Waals surface area contributed by atoms with Gasteiger partial charge in [-0.25, -0.2) is 8.42 Å². The van der Waals surface area contributed by atoms with E-state index < -0.39 is 44.6 Å². The molecule has 2 aromatic heterocycles. The zero-order valence-corrected chi connectivity index (χ0v) is 21.6. The molecule has 1 aliphatic carbocycles. The molecule has 1 fully saturated rings. The van der Waals surface area contributed by atoms with Crippen molar-refractivity contribution < 1.29 is 31.1 Å². The molecule has 12 heteroatoms. The zero-order chi connectivity index (χ0) is 27.3. The molecule has 0 saturated heterocycles. The predicted octanol–water partition coefficient (Wildman–Crippen LogP) is 5.32. The minimum Gasteiger partial charge on any atom is -0.435 e. The van der Waals surface area contributed by atoms with Crippen LogP contribution in [0.25, 0.3) is 0 Å². The van der Waals surface area contributed by atoms with Crippen molar-refractivity contribution in [3.05, 3.63) is 64.1 Å². The lowest BCUT2D eigenvalue weighted by Crippen LogP contribution is -2.21. The van der Waals surface area contributed by atoms with Gasteiger partial charge in [0.25, 0.3) is 11.8 Å². The predicted molar refractivity (Wildman–Crippen MR) is 130 cm³/mol. The Bertz CT molecular complexity index is 1490. The molecule has 1 aliphatic rings. The van der Waals surface area contributed by atoms with Gasteiger partial charge in [-0.05, 0) is 69.0 Å². The fourth-order valence-corrected chi connectivity index (χ4v) is 4.60. The Balaban J connectivity index is 1.77. The third-order valence-corrected chi connectivity index (χ3v) is 7.46. The van der Waals surface area contributed by atoms with Gasteiger partial charge >= 0.3 is 6.18 Å². The fourth-order valence-electron chi connectivity index (χ4n) is 3.93. The van der Waals surface area contributed by atoms with E-state index in [4.69, 9.17) is 4.74 Å². The Labute approximate surface area is 212 Å². The highest BCUT2D eigenvalue weighted by Crippen LogP contribution is 2.48. The number of amides is 1. The molecule has 4 rings (SSSR count). The summed E-state index contributed by atoms with van der Waals surface area (Å²) in [4.78, 5) is 17.8. The van der Waals surface area contributed by atoms with Crippen molar-refractivity contribution in [3.8, 4) is 11.6 Å². The van der Waals surface area contributed by atoms with Crippen LogP contribution in [0.3, 0.4) is 0 Å². The molecule has 0 bridgehead atoms. The molecule has 8 nitrogen and oxygen atoms in total. The fraction of sp³-hybridized carbons (Fsp3) is 0.360. The number of sulfone groups is 1. The normalized spacial score (nSPS) is 14.8. The van der Waals surface area contributed by atoms with E-state index in [-0.39, 0.29) is 21.7 Å². The van der Waals surface area contributed by atoms with E-state index in [0.29, 0.717) is 11.3 Å². The summed E-state index contributed by atoms with van der Waals surface area (Å²) in [5, 5.41) is 9.35. The maximum atomic E-state index is 13.6. The molecule has 0 unspecified atom stereocenters. The summed E-state index contributed by atoms with van der Waals surface area (Å²) in [6.07, 6.45) is -1.85. The maximum absolute atomic E-state index is 13.6. The van der Waals surface area contributed by atoms with Crippen LogP contribution in [0, 0.1) is 20.8 Å². The lowest BCUT2D eigenvalue weighted by molar-refractivity contribution is -0.142. The van der Waals surface area contributed by atoms with E-state index in [0.717, 1.165) is 31.7 Å². The second-order valence-corrected chi connectivity index (χ2v) is 11.5. The number of ether oxygens (including phenoxy) is 1. The highest BCUT2D eigenvalue weighted by atomic mass is 32.2. The molecule has 1 aromatic carbocycles. The Morgan fingerprint density at radius 3 is 2.35 bits per heavy atom. The van der Waals surface area contributed by atoms with Gasteiger partial charge in [0.1, 0.15) is 5.56 Å². The number of aryl methyl sites for hydroxylation is 2. The number of benzene rings is 1. The van der Waals surface area contributed by atoms with Crippen LogP contribution in [0.15, 0.2) is 35.2 Å². The molecule has 0 spiro atoms. The number of pyridine rings is 1. The lowest BCUT2D eigenvalue weighted by atomic mass is 10.0. The van der Waals surface area contributed by atoms with Gasteiger partial charge in [0.15, 0.2) is 21.3 Å². The quantitative estimate of drug-likeness (QED) is 0.456. The first-order valence-corrected chi connectivity index (χ1v) is 13.2. The van der Waals surface area contributed by atoms with Crippen LogP contribution in [0.1, 0.15) is 58.3 Å². The Morgan fingerprint density at radius 2 is 1.78 bits per heavy atom. The second-order valence-electron chi connectivity index (χ2n) is 9.51. The summed E-state index contributed by atoms with van der Waals surface area (Å²) in [6.45, 7) is 6.68. The van der Waals surface area contributed by atoms with Gasteiger partial charge in [-0.2, -0.15) is 13.2 Å². The average Bonchev–Trinajstić information content (AvgIpc) is 3.53. The van der Waals surface area contributed by atoms with Crippen molar-refractivity contribution in [2.45, 2.75) is 57.0 Å². The van der Waals surface area contributed by atoms with Crippen molar-refractivity contribution >= 4 is 21.4 Å². The molecule has 196 valence electrons. The van der Waals surface area contributed by atoms with Crippen molar-refractivity contribution in [2.75, 3.05) is 11.6 Å². The molecule has 37 heavy (non-hydrogen) atoms. The van der Waals surface area contributed by atoms with Crippen LogP contribution in [-0.2, 0) is 21.4 Å². The third-order valence-electron chi connectivity index (χ3n) is 6.35. The molecule has 2 heterocycles. The molecule has 1 N–H and O–H groups in total. The van der Waals surface area contributed by atoms with Crippen LogP contribution >= 0.6 is 0 Å². The van der Waals surface area contributed by atoms with Crippen LogP contribution in [0.5, 0.6) is 11.6 Å². The maximum Gasteiger partial charge on any atom is 0.435 e. The molecular formula is C25H25F3N4O4S. The first-order chi connectivity index (χ1) is 17.1. The topological polar surface area (TPSA) is 111 Å². The summed E-state index contributed by atoms with van der Waals surface area (Å²) in [5.74, 6) is -1.14. The molecular weight excluding hydrogens is 509 g/mol. The number of hydrogen-bond acceptors (Lipinski definition) is 7. The van der Waals surface area contributed by atoms with Crippen molar-refractivity contribution in [3.63, 3.8) is 0 Å². The van der Waals surface area contributed by atoms with Crippen LogP contribution in [-0.4, -0.2) is 35.8 Å². The number of nitrogens with zero attached hydrogens (tertiary/aromatic N) is 3. The SMILES string of the molecule is Cc1cc(C2(C)CC2)nc(C)c1Oc1nnc(C(F)(F)F)c(C)c1C(=O)Nc1cccc(S(C)(=O)=O)c1. The number of nitrogens with one attached hydrogen (secondary N) is 1. The Hall–Kier alpha value is -3.54. The van der Waals surface area contributed by atoms with Gasteiger partial charge in [-0.1, -0.05) is 13.0 Å². The van der Waals surface area contributed by atoms with Crippen LogP contribution < -0.4 is 10.1 Å². The summed E-state index contributed by atoms with van der Waals surface area (Å²) in [6, 6.07) is 7.22. The Kier molecular flexibility index (Phi) is 6.51. The highest BCUT2D eigenvalue weighted by molar-refractivity contribution is 7.90. The average molecular weight is 535 g/mol. The van der Waals surface area contributed by atoms with Crippen molar-refractivity contribution in [1.29, 1.82) is 0 Å². The summed E-state index contributed by atoms with van der Waals surface area (Å²) in [7, 11) is -3.58. The monoisotopic (exact) mass is 534 g/mol. The molecule has 3 aromatic rings. The van der Waals surface area contributed by atoms with E-state index in [9.17, 15) is 26.4 Å². The molecule has 0 atom stereocenters. The number of aromatic nitrogens is 3. The summed E-state index contributed by atoms with van der Waals surface area (Å²) >= 11 is 0. The number of hydrogen-bond donors (Lipinski definition) is 1. The number of anilines is 1. The van der Waals surface area contributed by atoms with Gasteiger partial charge in [0.05, 0.1) is 10.6 Å². The minimum atomic E-state index is -4.87. The number of carbonyl (C=O) groups is 1. The van der Waals surface area contributed by atoms with E-state index in [1.165, 1.54) is 24.3 Å².